The van der Waals surface area contributed by atoms with Crippen LogP contribution in [0, 0.1) is 0 Å². The zero-order chi connectivity index (χ0) is 13.0. The summed E-state index contributed by atoms with van der Waals surface area (Å²) in [4.78, 5) is 12.1. The van der Waals surface area contributed by atoms with Crippen LogP contribution in [0.3, 0.4) is 0 Å². The van der Waals surface area contributed by atoms with Crippen molar-refractivity contribution in [1.29, 1.82) is 0 Å². The summed E-state index contributed by atoms with van der Waals surface area (Å²) in [5, 5.41) is 2.92. The minimum absolute atomic E-state index is 0.00639. The van der Waals surface area contributed by atoms with E-state index in [-0.39, 0.29) is 11.8 Å². The Labute approximate surface area is 115 Å². The van der Waals surface area contributed by atoms with Crippen molar-refractivity contribution < 1.29 is 4.79 Å². The van der Waals surface area contributed by atoms with Crippen molar-refractivity contribution in [2.24, 2.45) is 0 Å². The van der Waals surface area contributed by atoms with Gasteiger partial charge >= 0.3 is 0 Å². The Kier molecular flexibility index (Phi) is 4.15. The second kappa shape index (κ2) is 5.83. The van der Waals surface area contributed by atoms with Gasteiger partial charge in [-0.2, -0.15) is 0 Å². The van der Waals surface area contributed by atoms with Gasteiger partial charge in [-0.3, -0.25) is 4.79 Å². The molecule has 0 heterocycles. The maximum atomic E-state index is 12.1. The van der Waals surface area contributed by atoms with Gasteiger partial charge < -0.3 is 5.32 Å². The highest BCUT2D eigenvalue weighted by Gasteiger charge is 2.15. The molecule has 0 fully saturated rings. The van der Waals surface area contributed by atoms with Crippen LogP contribution in [0.2, 0.25) is 0 Å². The van der Waals surface area contributed by atoms with E-state index < -0.39 is 0 Å². The third kappa shape index (κ3) is 2.99. The summed E-state index contributed by atoms with van der Waals surface area (Å²) in [6.45, 7) is 1.90. The lowest BCUT2D eigenvalue weighted by molar-refractivity contribution is -0.117. The van der Waals surface area contributed by atoms with Crippen LogP contribution in [-0.4, -0.2) is 5.91 Å². The highest BCUT2D eigenvalue weighted by Crippen LogP contribution is 2.23. The first-order valence-corrected chi connectivity index (χ1v) is 6.58. The third-order valence-corrected chi connectivity index (χ3v) is 3.52. The summed E-state index contributed by atoms with van der Waals surface area (Å²) in [5.74, 6) is -0.175. The predicted molar refractivity (Wildman–Crippen MR) is 77.6 cm³/mol. The van der Waals surface area contributed by atoms with Crippen molar-refractivity contribution in [2.45, 2.75) is 12.8 Å². The fraction of sp³-hybridized carbons (Fsp3) is 0.133. The first-order valence-electron chi connectivity index (χ1n) is 5.79. The number of rotatable bonds is 3. The molecule has 3 heteroatoms. The maximum Gasteiger partial charge on any atom is 0.231 e. The lowest BCUT2D eigenvalue weighted by atomic mass is 10.0. The largest absolute Gasteiger partial charge is 0.325 e. The SMILES string of the molecule is CC(C(=O)Nc1ccccc1Br)c1ccccc1. The summed E-state index contributed by atoms with van der Waals surface area (Å²) >= 11 is 3.42. The van der Waals surface area contributed by atoms with E-state index in [0.29, 0.717) is 0 Å². The molecule has 0 bridgehead atoms. The number of para-hydroxylation sites is 1. The maximum absolute atomic E-state index is 12.1. The molecule has 2 rings (SSSR count). The van der Waals surface area contributed by atoms with Crippen molar-refractivity contribution in [3.8, 4) is 0 Å². The van der Waals surface area contributed by atoms with Crippen LogP contribution < -0.4 is 5.32 Å². The number of hydrogen-bond donors (Lipinski definition) is 1. The molecule has 2 nitrogen and oxygen atoms in total. The van der Waals surface area contributed by atoms with Crippen LogP contribution in [-0.2, 0) is 4.79 Å². The van der Waals surface area contributed by atoms with Gasteiger partial charge in [-0.15, -0.1) is 0 Å². The molecule has 2 aromatic rings. The Morgan fingerprint density at radius 2 is 1.67 bits per heavy atom. The van der Waals surface area contributed by atoms with Gasteiger partial charge in [0.1, 0.15) is 0 Å². The van der Waals surface area contributed by atoms with Gasteiger partial charge in [-0.1, -0.05) is 42.5 Å². The van der Waals surface area contributed by atoms with Gasteiger partial charge in [0.25, 0.3) is 0 Å². The number of halogens is 1. The molecule has 0 aromatic heterocycles. The van der Waals surface area contributed by atoms with Gasteiger partial charge in [-0.05, 0) is 40.5 Å². The van der Waals surface area contributed by atoms with E-state index in [4.69, 9.17) is 0 Å². The van der Waals surface area contributed by atoms with Crippen LogP contribution in [0.1, 0.15) is 18.4 Å². The molecule has 1 unspecified atom stereocenters. The second-order valence-electron chi connectivity index (χ2n) is 4.10. The fourth-order valence-electron chi connectivity index (χ4n) is 1.70. The van der Waals surface area contributed by atoms with Crippen molar-refractivity contribution in [2.75, 3.05) is 5.32 Å². The van der Waals surface area contributed by atoms with Crippen LogP contribution in [0.5, 0.6) is 0 Å². The Morgan fingerprint density at radius 3 is 2.33 bits per heavy atom. The number of carbonyl (C=O) groups is 1. The van der Waals surface area contributed by atoms with Crippen LogP contribution in [0.4, 0.5) is 5.69 Å². The summed E-state index contributed by atoms with van der Waals surface area (Å²) in [6, 6.07) is 17.3. The Bertz CT molecular complexity index is 539. The third-order valence-electron chi connectivity index (χ3n) is 2.82. The lowest BCUT2D eigenvalue weighted by Crippen LogP contribution is -2.19. The van der Waals surface area contributed by atoms with Crippen molar-refractivity contribution in [3.05, 3.63) is 64.6 Å². The monoisotopic (exact) mass is 303 g/mol. The van der Waals surface area contributed by atoms with Crippen molar-refractivity contribution in [1.82, 2.24) is 0 Å². The molecule has 0 spiro atoms. The molecule has 0 aliphatic carbocycles. The van der Waals surface area contributed by atoms with Gasteiger partial charge in [-0.25, -0.2) is 0 Å². The van der Waals surface area contributed by atoms with Crippen LogP contribution in [0.25, 0.3) is 0 Å². The van der Waals surface area contributed by atoms with E-state index in [1.807, 2.05) is 61.5 Å². The van der Waals surface area contributed by atoms with Gasteiger partial charge in [0.2, 0.25) is 5.91 Å². The van der Waals surface area contributed by atoms with Crippen molar-refractivity contribution >= 4 is 27.5 Å². The minimum Gasteiger partial charge on any atom is -0.325 e. The first kappa shape index (κ1) is 12.8. The molecule has 18 heavy (non-hydrogen) atoms. The van der Waals surface area contributed by atoms with E-state index in [2.05, 4.69) is 21.2 Å². The summed E-state index contributed by atoms with van der Waals surface area (Å²) in [6.07, 6.45) is 0. The van der Waals surface area contributed by atoms with Crippen LogP contribution >= 0.6 is 15.9 Å². The molecule has 1 atom stereocenters. The molecule has 0 aliphatic rings. The summed E-state index contributed by atoms with van der Waals surface area (Å²) < 4.78 is 0.888. The zero-order valence-electron chi connectivity index (χ0n) is 10.1. The number of amides is 1. The van der Waals surface area contributed by atoms with E-state index in [9.17, 15) is 4.79 Å². The average Bonchev–Trinajstić information content (AvgIpc) is 2.41. The zero-order valence-corrected chi connectivity index (χ0v) is 11.6. The number of anilines is 1. The second-order valence-corrected chi connectivity index (χ2v) is 4.96. The smallest absolute Gasteiger partial charge is 0.231 e. The fourth-order valence-corrected chi connectivity index (χ4v) is 2.08. The van der Waals surface area contributed by atoms with E-state index in [1.165, 1.54) is 0 Å². The molecule has 0 radical (unpaired) electrons. The number of carbonyl (C=O) groups excluding carboxylic acids is 1. The highest BCUT2D eigenvalue weighted by atomic mass is 79.9. The van der Waals surface area contributed by atoms with Gasteiger partial charge in [0.15, 0.2) is 0 Å². The van der Waals surface area contributed by atoms with E-state index in [0.717, 1.165) is 15.7 Å². The normalized spacial score (nSPS) is 11.9. The number of benzene rings is 2. The van der Waals surface area contributed by atoms with E-state index in [1.54, 1.807) is 0 Å². The molecule has 1 N–H and O–H groups in total. The Hall–Kier alpha value is -1.61. The van der Waals surface area contributed by atoms with Gasteiger partial charge in [0.05, 0.1) is 11.6 Å². The standard InChI is InChI=1S/C15H14BrNO/c1-11(12-7-3-2-4-8-12)15(18)17-14-10-6-5-9-13(14)16/h2-11H,1H3,(H,17,18). The average molecular weight is 304 g/mol. The molecule has 0 saturated carbocycles. The summed E-state index contributed by atoms with van der Waals surface area (Å²) in [7, 11) is 0. The molecule has 1 amide bonds. The molecular formula is C15H14BrNO. The molecule has 0 aliphatic heterocycles. The predicted octanol–water partition coefficient (Wildman–Crippen LogP) is 4.19. The summed E-state index contributed by atoms with van der Waals surface area (Å²) in [5.41, 5.74) is 1.81. The minimum atomic E-state index is -0.168. The Morgan fingerprint density at radius 1 is 1.06 bits per heavy atom. The first-order chi connectivity index (χ1) is 8.68. The van der Waals surface area contributed by atoms with Crippen molar-refractivity contribution in [3.63, 3.8) is 0 Å². The topological polar surface area (TPSA) is 29.1 Å². The molecular weight excluding hydrogens is 290 g/mol. The molecule has 92 valence electrons. The Balaban J connectivity index is 2.12. The number of hydrogen-bond acceptors (Lipinski definition) is 1. The van der Waals surface area contributed by atoms with E-state index >= 15 is 0 Å². The lowest BCUT2D eigenvalue weighted by Gasteiger charge is -2.13. The van der Waals surface area contributed by atoms with Gasteiger partial charge in [0, 0.05) is 4.47 Å². The highest BCUT2D eigenvalue weighted by molar-refractivity contribution is 9.10. The number of nitrogens with one attached hydrogen (secondary N) is 1. The quantitative estimate of drug-likeness (QED) is 0.905. The molecule has 2 aromatic carbocycles. The molecule has 0 saturated heterocycles. The van der Waals surface area contributed by atoms with Crippen LogP contribution in [0.15, 0.2) is 59.1 Å².